The van der Waals surface area contributed by atoms with Crippen molar-refractivity contribution >= 4 is 21.4 Å². The zero-order chi connectivity index (χ0) is 28.0. The summed E-state index contributed by atoms with van der Waals surface area (Å²) in [6, 6.07) is 3.53. The average molecular weight is 559 g/mol. The molecule has 39 heavy (non-hydrogen) atoms. The zero-order valence-corrected chi connectivity index (χ0v) is 23.7. The van der Waals surface area contributed by atoms with E-state index in [-0.39, 0.29) is 22.2 Å². The number of sulfonamides is 1. The van der Waals surface area contributed by atoms with Crippen molar-refractivity contribution in [3.8, 4) is 17.1 Å². The molecule has 0 aliphatic carbocycles. The van der Waals surface area contributed by atoms with Gasteiger partial charge in [0.2, 0.25) is 15.9 Å². The van der Waals surface area contributed by atoms with E-state index < -0.39 is 16.1 Å². The lowest BCUT2D eigenvalue weighted by Gasteiger charge is -2.17. The summed E-state index contributed by atoms with van der Waals surface area (Å²) in [7, 11) is -4.05. The van der Waals surface area contributed by atoms with Crippen molar-refractivity contribution in [3.05, 3.63) is 40.1 Å². The molecule has 1 aliphatic heterocycles. The molecule has 1 aromatic carbocycles. The molecule has 1 amide bonds. The molecule has 1 saturated heterocycles. The molecule has 1 atom stereocenters. The van der Waals surface area contributed by atoms with Crippen LogP contribution in [0.1, 0.15) is 76.7 Å². The highest BCUT2D eigenvalue weighted by molar-refractivity contribution is 7.89. The van der Waals surface area contributed by atoms with Crippen LogP contribution in [0.25, 0.3) is 16.9 Å². The van der Waals surface area contributed by atoms with Gasteiger partial charge in [0.15, 0.2) is 11.3 Å². The van der Waals surface area contributed by atoms with Gasteiger partial charge in [-0.3, -0.25) is 9.59 Å². The highest BCUT2D eigenvalue weighted by Gasteiger charge is 2.28. The zero-order valence-electron chi connectivity index (χ0n) is 22.9. The number of benzene rings is 1. The maximum Gasteiger partial charge on any atom is 0.277 e. The highest BCUT2D eigenvalue weighted by atomic mass is 32.2. The van der Waals surface area contributed by atoms with Crippen molar-refractivity contribution in [3.63, 3.8) is 0 Å². The van der Waals surface area contributed by atoms with Crippen LogP contribution in [0.5, 0.6) is 5.75 Å². The number of rotatable bonds is 12. The van der Waals surface area contributed by atoms with E-state index in [1.54, 1.807) is 17.5 Å². The number of nitrogens with one attached hydrogen (secondary N) is 3. The van der Waals surface area contributed by atoms with Crippen molar-refractivity contribution in [1.82, 2.24) is 29.6 Å². The summed E-state index contributed by atoms with van der Waals surface area (Å²) in [5, 5.41) is 7.43. The summed E-state index contributed by atoms with van der Waals surface area (Å²) in [6.07, 6.45) is 8.11. The first-order valence-electron chi connectivity index (χ1n) is 13.8. The summed E-state index contributed by atoms with van der Waals surface area (Å²) >= 11 is 0. The number of hydrogen-bond acceptors (Lipinski definition) is 7. The molecule has 0 saturated carbocycles. The lowest BCUT2D eigenvalue weighted by Crippen LogP contribution is -2.45. The molecular weight excluding hydrogens is 520 g/mol. The van der Waals surface area contributed by atoms with Gasteiger partial charge in [0.25, 0.3) is 5.56 Å². The number of hydrogen-bond donors (Lipinski definition) is 3. The lowest BCUT2D eigenvalue weighted by atomic mass is 10.1. The number of carbonyl (C=O) groups is 1. The number of amides is 1. The van der Waals surface area contributed by atoms with Crippen LogP contribution >= 0.6 is 0 Å². The SMILES string of the molecule is CCCCCCCc1nc(C)c2c(=O)[nH]c(-c3cc(S(=O)(=O)NC4CCCCNC4=O)ccc3OCC)nn12. The second-order valence-electron chi connectivity index (χ2n) is 9.89. The van der Waals surface area contributed by atoms with Gasteiger partial charge >= 0.3 is 0 Å². The predicted molar refractivity (Wildman–Crippen MR) is 148 cm³/mol. The minimum absolute atomic E-state index is 0.0568. The number of nitrogens with zero attached hydrogens (tertiary/aromatic N) is 3. The molecule has 2 aromatic heterocycles. The first kappa shape index (κ1) is 28.8. The number of unbranched alkanes of at least 4 members (excludes halogenated alkanes) is 4. The second kappa shape index (κ2) is 12.7. The summed E-state index contributed by atoms with van der Waals surface area (Å²) in [6.45, 7) is 6.63. The topological polar surface area (TPSA) is 148 Å². The molecule has 3 N–H and O–H groups in total. The summed E-state index contributed by atoms with van der Waals surface area (Å²) in [5.41, 5.74) is 0.909. The molecule has 212 valence electrons. The third-order valence-corrected chi connectivity index (χ3v) is 8.37. The summed E-state index contributed by atoms with van der Waals surface area (Å²) in [5.74, 6) is 0.902. The van der Waals surface area contributed by atoms with Crippen LogP contribution < -0.4 is 20.3 Å². The number of carbonyl (C=O) groups excluding carboxylic acids is 1. The molecule has 1 fully saturated rings. The Morgan fingerprint density at radius 1 is 1.13 bits per heavy atom. The summed E-state index contributed by atoms with van der Waals surface area (Å²) in [4.78, 5) is 32.8. The van der Waals surface area contributed by atoms with E-state index in [1.165, 1.54) is 18.6 Å². The van der Waals surface area contributed by atoms with Gasteiger partial charge in [0, 0.05) is 13.0 Å². The number of imidazole rings is 1. The molecular formula is C27H38N6O5S. The molecule has 11 nitrogen and oxygen atoms in total. The molecule has 4 rings (SSSR count). The molecule has 12 heteroatoms. The van der Waals surface area contributed by atoms with Crippen LogP contribution in [0, 0.1) is 6.92 Å². The third-order valence-electron chi connectivity index (χ3n) is 6.90. The van der Waals surface area contributed by atoms with E-state index in [1.807, 2.05) is 6.92 Å². The van der Waals surface area contributed by atoms with E-state index in [9.17, 15) is 18.0 Å². The van der Waals surface area contributed by atoms with Crippen molar-refractivity contribution in [2.24, 2.45) is 0 Å². The van der Waals surface area contributed by atoms with Gasteiger partial charge in [0.1, 0.15) is 17.6 Å². The van der Waals surface area contributed by atoms with Crippen LogP contribution in [0.3, 0.4) is 0 Å². The monoisotopic (exact) mass is 558 g/mol. The predicted octanol–water partition coefficient (Wildman–Crippen LogP) is 3.25. The largest absolute Gasteiger partial charge is 0.493 e. The Morgan fingerprint density at radius 2 is 1.92 bits per heavy atom. The third kappa shape index (κ3) is 6.67. The van der Waals surface area contributed by atoms with Crippen molar-refractivity contribution in [2.45, 2.75) is 89.5 Å². The van der Waals surface area contributed by atoms with E-state index in [0.29, 0.717) is 54.3 Å². The molecule has 1 aliphatic rings. The van der Waals surface area contributed by atoms with Gasteiger partial charge in [-0.25, -0.2) is 17.9 Å². The van der Waals surface area contributed by atoms with Gasteiger partial charge in [-0.2, -0.15) is 4.72 Å². The molecule has 3 heterocycles. The van der Waals surface area contributed by atoms with Crippen LogP contribution in [-0.2, 0) is 21.2 Å². The number of aromatic nitrogens is 4. The van der Waals surface area contributed by atoms with Crippen LogP contribution in [0.15, 0.2) is 27.9 Å². The Balaban J connectivity index is 1.72. The fourth-order valence-corrected chi connectivity index (χ4v) is 6.11. The standard InChI is InChI=1S/C27H38N6O5S/c1-4-6-7-8-9-13-23-29-18(3)24-27(35)30-25(31-33(23)24)20-17-19(14-15-22(20)38-5-2)39(36,37)32-21-12-10-11-16-28-26(21)34/h14-15,17,21,32H,4-13,16H2,1-3H3,(H,28,34)(H,30,31,35). The number of aromatic amines is 1. The Kier molecular flexibility index (Phi) is 9.39. The van der Waals surface area contributed by atoms with Gasteiger partial charge < -0.3 is 15.0 Å². The molecule has 0 spiro atoms. The normalized spacial score (nSPS) is 16.3. The smallest absolute Gasteiger partial charge is 0.277 e. The Morgan fingerprint density at radius 3 is 2.69 bits per heavy atom. The fourth-order valence-electron chi connectivity index (χ4n) is 4.86. The van der Waals surface area contributed by atoms with E-state index >= 15 is 0 Å². The molecule has 0 bridgehead atoms. The maximum absolute atomic E-state index is 13.3. The van der Waals surface area contributed by atoms with Gasteiger partial charge in [-0.1, -0.05) is 32.6 Å². The van der Waals surface area contributed by atoms with Crippen LogP contribution in [0.4, 0.5) is 0 Å². The lowest BCUT2D eigenvalue weighted by molar-refractivity contribution is -0.122. The number of H-pyrrole nitrogens is 1. The molecule has 0 radical (unpaired) electrons. The number of ether oxygens (including phenoxy) is 1. The van der Waals surface area contributed by atoms with Gasteiger partial charge in [-0.05, 0) is 57.7 Å². The Hall–Kier alpha value is -3.25. The number of fused-ring (bicyclic) bond motifs is 1. The highest BCUT2D eigenvalue weighted by Crippen LogP contribution is 2.30. The maximum atomic E-state index is 13.3. The molecule has 1 unspecified atom stereocenters. The van der Waals surface area contributed by atoms with Crippen LogP contribution in [0.2, 0.25) is 0 Å². The van der Waals surface area contributed by atoms with Crippen molar-refractivity contribution in [1.29, 1.82) is 0 Å². The molecule has 3 aromatic rings. The Labute approximate surface area is 228 Å². The van der Waals surface area contributed by atoms with E-state index in [4.69, 9.17) is 4.74 Å². The first-order chi connectivity index (χ1) is 18.7. The Bertz CT molecular complexity index is 1480. The average Bonchev–Trinajstić information content (AvgIpc) is 3.09. The van der Waals surface area contributed by atoms with Crippen molar-refractivity contribution in [2.75, 3.05) is 13.2 Å². The summed E-state index contributed by atoms with van der Waals surface area (Å²) < 4.78 is 36.5. The second-order valence-corrected chi connectivity index (χ2v) is 11.6. The van der Waals surface area contributed by atoms with Gasteiger partial charge in [-0.15, -0.1) is 5.10 Å². The van der Waals surface area contributed by atoms with Gasteiger partial charge in [0.05, 0.1) is 22.8 Å². The minimum atomic E-state index is -4.05. The quantitative estimate of drug-likeness (QED) is 0.289. The first-order valence-corrected chi connectivity index (χ1v) is 15.3. The number of aryl methyl sites for hydroxylation is 2. The van der Waals surface area contributed by atoms with Crippen LogP contribution in [-0.4, -0.2) is 53.1 Å². The van der Waals surface area contributed by atoms with Crippen molar-refractivity contribution < 1.29 is 17.9 Å². The fraction of sp³-hybridized carbons (Fsp3) is 0.556. The van der Waals surface area contributed by atoms with E-state index in [2.05, 4.69) is 32.0 Å². The van der Waals surface area contributed by atoms with E-state index in [0.717, 1.165) is 38.5 Å². The minimum Gasteiger partial charge on any atom is -0.493 e.